The van der Waals surface area contributed by atoms with Crippen LogP contribution >= 0.6 is 15.9 Å². The van der Waals surface area contributed by atoms with Crippen LogP contribution in [0.3, 0.4) is 0 Å². The molecular formula is C14H10BrF4N. The maximum Gasteiger partial charge on any atom is 0.416 e. The lowest BCUT2D eigenvalue weighted by molar-refractivity contribution is -0.137. The van der Waals surface area contributed by atoms with E-state index in [4.69, 9.17) is 5.73 Å². The van der Waals surface area contributed by atoms with Crippen molar-refractivity contribution in [2.75, 3.05) is 0 Å². The summed E-state index contributed by atoms with van der Waals surface area (Å²) in [5.41, 5.74) is 6.17. The van der Waals surface area contributed by atoms with Crippen LogP contribution in [0.1, 0.15) is 22.7 Å². The molecule has 2 rings (SSSR count). The van der Waals surface area contributed by atoms with E-state index in [9.17, 15) is 17.6 Å². The monoisotopic (exact) mass is 347 g/mol. The van der Waals surface area contributed by atoms with Crippen LogP contribution in [0.15, 0.2) is 46.9 Å². The smallest absolute Gasteiger partial charge is 0.320 e. The Kier molecular flexibility index (Phi) is 4.15. The fourth-order valence-corrected chi connectivity index (χ4v) is 2.31. The molecular weight excluding hydrogens is 338 g/mol. The second-order valence-corrected chi connectivity index (χ2v) is 5.22. The first kappa shape index (κ1) is 15.0. The summed E-state index contributed by atoms with van der Waals surface area (Å²) in [6.45, 7) is 0. The van der Waals surface area contributed by atoms with Gasteiger partial charge < -0.3 is 5.73 Å². The van der Waals surface area contributed by atoms with Crippen LogP contribution in [0.2, 0.25) is 0 Å². The number of hydrogen-bond donors (Lipinski definition) is 1. The zero-order valence-electron chi connectivity index (χ0n) is 10.1. The van der Waals surface area contributed by atoms with Gasteiger partial charge in [0, 0.05) is 4.47 Å². The van der Waals surface area contributed by atoms with Crippen LogP contribution in [0.4, 0.5) is 17.6 Å². The predicted molar refractivity (Wildman–Crippen MR) is 71.6 cm³/mol. The largest absolute Gasteiger partial charge is 0.416 e. The molecule has 2 aromatic carbocycles. The molecule has 2 aromatic rings. The Morgan fingerprint density at radius 3 is 2.05 bits per heavy atom. The van der Waals surface area contributed by atoms with Crippen molar-refractivity contribution in [3.63, 3.8) is 0 Å². The van der Waals surface area contributed by atoms with E-state index in [2.05, 4.69) is 15.9 Å². The molecule has 0 aliphatic rings. The molecule has 0 aliphatic carbocycles. The number of halogens is 5. The molecule has 0 saturated carbocycles. The Morgan fingerprint density at radius 1 is 0.950 bits per heavy atom. The zero-order valence-corrected chi connectivity index (χ0v) is 11.7. The lowest BCUT2D eigenvalue weighted by Gasteiger charge is -2.14. The van der Waals surface area contributed by atoms with Gasteiger partial charge in [-0.2, -0.15) is 13.2 Å². The van der Waals surface area contributed by atoms with Crippen molar-refractivity contribution < 1.29 is 17.6 Å². The van der Waals surface area contributed by atoms with Gasteiger partial charge in [0.25, 0.3) is 0 Å². The highest BCUT2D eigenvalue weighted by Gasteiger charge is 2.30. The number of benzene rings is 2. The molecule has 2 N–H and O–H groups in total. The summed E-state index contributed by atoms with van der Waals surface area (Å²) in [5.74, 6) is -0.461. The fraction of sp³-hybridized carbons (Fsp3) is 0.143. The molecule has 0 bridgehead atoms. The van der Waals surface area contributed by atoms with Gasteiger partial charge in [-0.15, -0.1) is 0 Å². The topological polar surface area (TPSA) is 26.0 Å². The van der Waals surface area contributed by atoms with Crippen molar-refractivity contribution >= 4 is 15.9 Å². The molecule has 0 heterocycles. The molecule has 0 aromatic heterocycles. The van der Waals surface area contributed by atoms with E-state index < -0.39 is 23.6 Å². The van der Waals surface area contributed by atoms with Crippen LogP contribution in [-0.4, -0.2) is 0 Å². The average molecular weight is 348 g/mol. The molecule has 0 radical (unpaired) electrons. The number of hydrogen-bond acceptors (Lipinski definition) is 1. The molecule has 0 spiro atoms. The summed E-state index contributed by atoms with van der Waals surface area (Å²) < 4.78 is 51.2. The second-order valence-electron chi connectivity index (χ2n) is 4.30. The minimum absolute atomic E-state index is 0.461. The summed E-state index contributed by atoms with van der Waals surface area (Å²) in [7, 11) is 0. The molecule has 1 nitrogen and oxygen atoms in total. The quantitative estimate of drug-likeness (QED) is 0.786. The van der Waals surface area contributed by atoms with Crippen LogP contribution in [-0.2, 0) is 6.18 Å². The normalized spacial score (nSPS) is 13.3. The van der Waals surface area contributed by atoms with Crippen molar-refractivity contribution in [3.05, 3.63) is 69.4 Å². The van der Waals surface area contributed by atoms with Crippen molar-refractivity contribution in [3.8, 4) is 0 Å². The summed E-state index contributed by atoms with van der Waals surface area (Å²) in [4.78, 5) is 0. The minimum Gasteiger partial charge on any atom is -0.320 e. The highest BCUT2D eigenvalue weighted by Crippen LogP contribution is 2.31. The maximum absolute atomic E-state index is 13.3. The summed E-state index contributed by atoms with van der Waals surface area (Å²) in [6, 6.07) is 8.00. The van der Waals surface area contributed by atoms with Gasteiger partial charge in [0.1, 0.15) is 5.82 Å². The first-order valence-electron chi connectivity index (χ1n) is 5.66. The van der Waals surface area contributed by atoms with Crippen LogP contribution in [0, 0.1) is 5.82 Å². The van der Waals surface area contributed by atoms with E-state index in [0.29, 0.717) is 15.6 Å². The summed E-state index contributed by atoms with van der Waals surface area (Å²) in [6.07, 6.45) is -4.38. The van der Waals surface area contributed by atoms with Crippen LogP contribution < -0.4 is 5.73 Å². The number of nitrogens with two attached hydrogens (primary N) is 1. The van der Waals surface area contributed by atoms with E-state index in [1.54, 1.807) is 6.07 Å². The van der Waals surface area contributed by atoms with Gasteiger partial charge >= 0.3 is 6.18 Å². The Labute approximate surface area is 121 Å². The van der Waals surface area contributed by atoms with E-state index in [0.717, 1.165) is 12.1 Å². The van der Waals surface area contributed by atoms with Gasteiger partial charge in [0.05, 0.1) is 11.6 Å². The zero-order chi connectivity index (χ0) is 14.9. The van der Waals surface area contributed by atoms with Crippen LogP contribution in [0.25, 0.3) is 0 Å². The van der Waals surface area contributed by atoms with E-state index in [1.165, 1.54) is 24.3 Å². The standard InChI is InChI=1S/C14H10BrF4N/c15-11-5-9(6-12(16)7-11)13(20)8-1-3-10(4-2-8)14(17,18)19/h1-7,13H,20H2. The molecule has 0 amide bonds. The molecule has 6 heteroatoms. The van der Waals surface area contributed by atoms with E-state index >= 15 is 0 Å². The Morgan fingerprint density at radius 2 is 1.55 bits per heavy atom. The number of alkyl halides is 3. The van der Waals surface area contributed by atoms with Gasteiger partial charge in [-0.1, -0.05) is 28.1 Å². The first-order valence-corrected chi connectivity index (χ1v) is 6.45. The van der Waals surface area contributed by atoms with Crippen molar-refractivity contribution in [2.45, 2.75) is 12.2 Å². The minimum atomic E-state index is -4.38. The molecule has 106 valence electrons. The van der Waals surface area contributed by atoms with E-state index in [-0.39, 0.29) is 0 Å². The Bertz CT molecular complexity index is 587. The molecule has 1 unspecified atom stereocenters. The Balaban J connectivity index is 2.31. The fourth-order valence-electron chi connectivity index (χ4n) is 1.83. The number of rotatable bonds is 2. The molecule has 1 atom stereocenters. The van der Waals surface area contributed by atoms with Gasteiger partial charge in [-0.05, 0) is 41.5 Å². The molecule has 20 heavy (non-hydrogen) atoms. The van der Waals surface area contributed by atoms with Crippen molar-refractivity contribution in [1.82, 2.24) is 0 Å². The first-order chi connectivity index (χ1) is 9.27. The van der Waals surface area contributed by atoms with Crippen LogP contribution in [0.5, 0.6) is 0 Å². The average Bonchev–Trinajstić information content (AvgIpc) is 2.36. The third-order valence-electron chi connectivity index (χ3n) is 2.84. The summed E-state index contributed by atoms with van der Waals surface area (Å²) >= 11 is 3.15. The lowest BCUT2D eigenvalue weighted by Crippen LogP contribution is -2.13. The SMILES string of the molecule is NC(c1ccc(C(F)(F)F)cc1)c1cc(F)cc(Br)c1. The Hall–Kier alpha value is -1.40. The van der Waals surface area contributed by atoms with Gasteiger partial charge in [0.15, 0.2) is 0 Å². The van der Waals surface area contributed by atoms with Gasteiger partial charge in [-0.3, -0.25) is 0 Å². The third-order valence-corrected chi connectivity index (χ3v) is 3.30. The maximum atomic E-state index is 13.3. The third kappa shape index (κ3) is 3.37. The highest BCUT2D eigenvalue weighted by atomic mass is 79.9. The van der Waals surface area contributed by atoms with Gasteiger partial charge in [-0.25, -0.2) is 4.39 Å². The van der Waals surface area contributed by atoms with Crippen molar-refractivity contribution in [2.24, 2.45) is 5.73 Å². The molecule has 0 aliphatic heterocycles. The lowest BCUT2D eigenvalue weighted by atomic mass is 9.98. The molecule has 0 saturated heterocycles. The highest BCUT2D eigenvalue weighted by molar-refractivity contribution is 9.10. The second kappa shape index (κ2) is 5.54. The van der Waals surface area contributed by atoms with Gasteiger partial charge in [0.2, 0.25) is 0 Å². The van der Waals surface area contributed by atoms with E-state index in [1.807, 2.05) is 0 Å². The summed E-state index contributed by atoms with van der Waals surface area (Å²) in [5, 5.41) is 0. The molecule has 0 fully saturated rings. The van der Waals surface area contributed by atoms with Crippen molar-refractivity contribution in [1.29, 1.82) is 0 Å². The predicted octanol–water partition coefficient (Wildman–Crippen LogP) is 4.66.